The van der Waals surface area contributed by atoms with Gasteiger partial charge in [0.2, 0.25) is 0 Å². The Hall–Kier alpha value is -0.0825. The van der Waals surface area contributed by atoms with E-state index >= 15 is 0 Å². The molecule has 154 valence electrons. The lowest BCUT2D eigenvalue weighted by atomic mass is 10.4. The maximum absolute atomic E-state index is 11.4. The quantitative estimate of drug-likeness (QED) is 0.142. The van der Waals surface area contributed by atoms with Crippen molar-refractivity contribution < 1.29 is 26.9 Å². The molecule has 0 fully saturated rings. The van der Waals surface area contributed by atoms with Gasteiger partial charge in [0.25, 0.3) is 0 Å². The van der Waals surface area contributed by atoms with Crippen LogP contribution in [-0.4, -0.2) is 46.3 Å². The summed E-state index contributed by atoms with van der Waals surface area (Å²) in [7, 11) is -8.48. The summed E-state index contributed by atoms with van der Waals surface area (Å²) >= 11 is 0. The van der Waals surface area contributed by atoms with E-state index in [9.17, 15) is 4.79 Å². The molecular weight excluding hydrogens is 401 g/mol. The third kappa shape index (κ3) is 13.1. The van der Waals surface area contributed by atoms with Crippen LogP contribution in [-0.2, 0) is 26.9 Å². The minimum absolute atomic E-state index is 0.271. The first-order chi connectivity index (χ1) is 11.4. The molecule has 0 atom stereocenters. The van der Waals surface area contributed by atoms with Crippen molar-refractivity contribution in [3.63, 3.8) is 0 Å². The number of hydrogen-bond acceptors (Lipinski definition) is 6. The van der Waals surface area contributed by atoms with E-state index in [1.54, 1.807) is 6.92 Å². The highest BCUT2D eigenvalue weighted by molar-refractivity contribution is 6.90. The van der Waals surface area contributed by atoms with Gasteiger partial charge in [-0.15, -0.1) is 0 Å². The van der Waals surface area contributed by atoms with Gasteiger partial charge in [0, 0.05) is 11.6 Å². The normalized spacial score (nSPS) is 13.6. The second kappa shape index (κ2) is 9.91. The molecule has 0 saturated heterocycles. The molecule has 6 nitrogen and oxygen atoms in total. The van der Waals surface area contributed by atoms with Crippen LogP contribution in [0.15, 0.2) is 12.2 Å². The summed E-state index contributed by atoms with van der Waals surface area (Å²) in [4.78, 5) is 21.1. The average molecular weight is 439 g/mol. The molecule has 0 unspecified atom stereocenters. The Labute approximate surface area is 163 Å². The van der Waals surface area contributed by atoms with E-state index in [1.807, 2.05) is 0 Å². The van der Waals surface area contributed by atoms with Gasteiger partial charge in [0.05, 0.1) is 6.61 Å². The van der Waals surface area contributed by atoms with Gasteiger partial charge in [0.1, 0.15) is 0 Å². The van der Waals surface area contributed by atoms with E-state index in [0.717, 1.165) is 0 Å². The van der Waals surface area contributed by atoms with Crippen molar-refractivity contribution in [2.75, 3.05) is 6.61 Å². The van der Waals surface area contributed by atoms with Gasteiger partial charge in [0.15, 0.2) is 25.0 Å². The molecule has 0 amide bonds. The Morgan fingerprint density at radius 1 is 0.808 bits per heavy atom. The largest absolute Gasteiger partial charge is 0.469 e. The number of carbonyl (C=O) groups is 1. The van der Waals surface area contributed by atoms with Gasteiger partial charge < -0.3 is 12.3 Å². The smallest absolute Gasteiger partial charge is 0.417 e. The molecule has 26 heavy (non-hydrogen) atoms. The summed E-state index contributed by atoms with van der Waals surface area (Å²) in [6.07, 6.45) is 0.634. The predicted molar refractivity (Wildman–Crippen MR) is 115 cm³/mol. The molecule has 0 aromatic rings. The monoisotopic (exact) mass is 438 g/mol. The van der Waals surface area contributed by atoms with Gasteiger partial charge in [-0.2, -0.15) is 4.89 Å². The third-order valence-corrected chi connectivity index (χ3v) is 14.6. The lowest BCUT2D eigenvalue weighted by Gasteiger charge is -2.42. The standard InChI is InChI=1S/C16H38O6Si4/c1-15(2)16(17)19-18-13-12-14-26(20-23(3,4)5,21-24(6,7)8)22-25(9,10)11/h1,12-14H2,2-11H3. The highest BCUT2D eigenvalue weighted by Gasteiger charge is 2.49. The van der Waals surface area contributed by atoms with Crippen LogP contribution in [0.25, 0.3) is 0 Å². The Morgan fingerprint density at radius 2 is 1.19 bits per heavy atom. The van der Waals surface area contributed by atoms with Crippen molar-refractivity contribution in [2.45, 2.75) is 78.3 Å². The summed E-state index contributed by atoms with van der Waals surface area (Å²) in [5.41, 5.74) is 0.305. The molecule has 0 radical (unpaired) electrons. The molecule has 10 heteroatoms. The van der Waals surface area contributed by atoms with Crippen molar-refractivity contribution in [1.29, 1.82) is 0 Å². The van der Waals surface area contributed by atoms with Crippen LogP contribution >= 0.6 is 0 Å². The molecule has 0 saturated carbocycles. The molecule has 0 aliphatic rings. The van der Waals surface area contributed by atoms with Crippen molar-refractivity contribution >= 4 is 39.7 Å². The highest BCUT2D eigenvalue weighted by Crippen LogP contribution is 2.29. The fourth-order valence-corrected chi connectivity index (χ4v) is 16.8. The SMILES string of the molecule is C=C(C)C(=O)OOCCC[Si](O[Si](C)(C)C)(O[Si](C)(C)C)O[Si](C)(C)C. The lowest BCUT2D eigenvalue weighted by Crippen LogP contribution is -2.60. The molecule has 0 rings (SSSR count). The summed E-state index contributed by atoms with van der Waals surface area (Å²) in [5.74, 6) is -0.552. The summed E-state index contributed by atoms with van der Waals surface area (Å²) in [5, 5.41) is 0. The van der Waals surface area contributed by atoms with E-state index in [0.29, 0.717) is 18.0 Å². The first kappa shape index (κ1) is 25.9. The zero-order chi connectivity index (χ0) is 20.8. The van der Waals surface area contributed by atoms with Crippen LogP contribution in [0.3, 0.4) is 0 Å². The van der Waals surface area contributed by atoms with E-state index in [4.69, 9.17) is 22.1 Å². The van der Waals surface area contributed by atoms with Gasteiger partial charge in [-0.1, -0.05) is 6.58 Å². The minimum atomic E-state index is -2.85. The molecular formula is C16H38O6Si4. The van der Waals surface area contributed by atoms with Crippen LogP contribution in [0, 0.1) is 0 Å². The molecule has 0 aliphatic carbocycles. The molecule has 0 heterocycles. The second-order valence-electron chi connectivity index (χ2n) is 9.40. The average Bonchev–Trinajstić information content (AvgIpc) is 2.30. The second-order valence-corrected chi connectivity index (χ2v) is 26.4. The van der Waals surface area contributed by atoms with Crippen molar-refractivity contribution in [3.8, 4) is 0 Å². The summed E-state index contributed by atoms with van der Waals surface area (Å²) in [6, 6.07) is 0.649. The van der Waals surface area contributed by atoms with Crippen molar-refractivity contribution in [1.82, 2.24) is 0 Å². The molecule has 0 bridgehead atoms. The van der Waals surface area contributed by atoms with Crippen LogP contribution in [0.2, 0.25) is 65.0 Å². The fraction of sp³-hybridized carbons (Fsp3) is 0.812. The Balaban J connectivity index is 5.14. The number of carbonyl (C=O) groups excluding carboxylic acids is 1. The van der Waals surface area contributed by atoms with Crippen LogP contribution < -0.4 is 0 Å². The minimum Gasteiger partial charge on any atom is -0.417 e. The van der Waals surface area contributed by atoms with Crippen LogP contribution in [0.5, 0.6) is 0 Å². The first-order valence-corrected chi connectivity index (χ1v) is 21.2. The van der Waals surface area contributed by atoms with Gasteiger partial charge in [-0.05, 0) is 72.3 Å². The zero-order valence-corrected chi connectivity index (χ0v) is 22.3. The van der Waals surface area contributed by atoms with Gasteiger partial charge >= 0.3 is 14.8 Å². The van der Waals surface area contributed by atoms with Gasteiger partial charge in [-0.3, -0.25) is 4.89 Å². The summed E-state index contributed by atoms with van der Waals surface area (Å²) < 4.78 is 19.7. The highest BCUT2D eigenvalue weighted by atomic mass is 28.5. The molecule has 0 spiro atoms. The van der Waals surface area contributed by atoms with E-state index in [1.165, 1.54) is 0 Å². The molecule has 0 N–H and O–H groups in total. The van der Waals surface area contributed by atoms with E-state index < -0.39 is 39.7 Å². The topological polar surface area (TPSA) is 63.2 Å². The van der Waals surface area contributed by atoms with E-state index in [2.05, 4.69) is 65.5 Å². The number of hydrogen-bond donors (Lipinski definition) is 0. The van der Waals surface area contributed by atoms with Crippen molar-refractivity contribution in [3.05, 3.63) is 12.2 Å². The van der Waals surface area contributed by atoms with E-state index in [-0.39, 0.29) is 6.61 Å². The van der Waals surface area contributed by atoms with Crippen LogP contribution in [0.1, 0.15) is 13.3 Å². The molecule has 0 aromatic carbocycles. The molecule has 0 aliphatic heterocycles. The molecule has 0 aromatic heterocycles. The summed E-state index contributed by atoms with van der Waals surface area (Å²) in [6.45, 7) is 24.8. The van der Waals surface area contributed by atoms with Crippen LogP contribution in [0.4, 0.5) is 0 Å². The predicted octanol–water partition coefficient (Wildman–Crippen LogP) is 4.92. The maximum atomic E-state index is 11.4. The zero-order valence-electron chi connectivity index (χ0n) is 18.3. The Morgan fingerprint density at radius 3 is 1.50 bits per heavy atom. The Bertz CT molecular complexity index is 436. The Kier molecular flexibility index (Phi) is 9.88. The number of rotatable bonds is 12. The first-order valence-electron chi connectivity index (χ1n) is 9.05. The maximum Gasteiger partial charge on any atom is 0.469 e. The van der Waals surface area contributed by atoms with Crippen molar-refractivity contribution in [2.24, 2.45) is 0 Å². The fourth-order valence-electron chi connectivity index (χ4n) is 2.13. The third-order valence-electron chi connectivity index (χ3n) is 2.58. The lowest BCUT2D eigenvalue weighted by molar-refractivity contribution is -0.268. The van der Waals surface area contributed by atoms with Gasteiger partial charge in [-0.25, -0.2) is 4.79 Å².